The molecule has 3 heteroatoms. The first-order valence-electron chi connectivity index (χ1n) is 7.27. The third kappa shape index (κ3) is 4.57. The summed E-state index contributed by atoms with van der Waals surface area (Å²) < 4.78 is 5.41. The first-order valence-corrected chi connectivity index (χ1v) is 7.27. The summed E-state index contributed by atoms with van der Waals surface area (Å²) >= 11 is 0. The van der Waals surface area contributed by atoms with Crippen LogP contribution in [0, 0.1) is 11.8 Å². The first-order chi connectivity index (χ1) is 8.24. The topological polar surface area (TPSA) is 24.5 Å². The van der Waals surface area contributed by atoms with E-state index in [2.05, 4.69) is 24.1 Å². The molecule has 0 radical (unpaired) electrons. The minimum atomic E-state index is 0.749. The normalized spacial score (nSPS) is 28.1. The highest BCUT2D eigenvalue weighted by Gasteiger charge is 2.21. The Hall–Kier alpha value is -0.120. The van der Waals surface area contributed by atoms with Gasteiger partial charge in [0.1, 0.15) is 0 Å². The molecule has 1 atom stereocenters. The van der Waals surface area contributed by atoms with Crippen molar-refractivity contribution < 1.29 is 4.74 Å². The van der Waals surface area contributed by atoms with E-state index in [-0.39, 0.29) is 0 Å². The summed E-state index contributed by atoms with van der Waals surface area (Å²) in [5.41, 5.74) is 0. The van der Waals surface area contributed by atoms with Gasteiger partial charge in [0.15, 0.2) is 0 Å². The first kappa shape index (κ1) is 13.3. The molecule has 1 N–H and O–H groups in total. The smallest absolute Gasteiger partial charge is 0.0507 e. The average molecular weight is 240 g/mol. The molecule has 100 valence electrons. The lowest BCUT2D eigenvalue weighted by molar-refractivity contribution is 0.169. The summed E-state index contributed by atoms with van der Waals surface area (Å²) in [6.45, 7) is 11.5. The maximum atomic E-state index is 5.41. The van der Waals surface area contributed by atoms with Crippen molar-refractivity contribution in [2.45, 2.75) is 39.2 Å². The van der Waals surface area contributed by atoms with Crippen LogP contribution < -0.4 is 5.32 Å². The number of piperidine rings is 1. The molecule has 2 saturated heterocycles. The van der Waals surface area contributed by atoms with Crippen LogP contribution in [-0.2, 0) is 4.74 Å². The van der Waals surface area contributed by atoms with Crippen LogP contribution in [0.1, 0.15) is 33.1 Å². The minimum Gasteiger partial charge on any atom is -0.381 e. The molecule has 2 fully saturated rings. The number of nitrogens with zero attached hydrogens (tertiary/aromatic N) is 1. The van der Waals surface area contributed by atoms with Crippen LogP contribution in [0.15, 0.2) is 0 Å². The number of nitrogens with one attached hydrogen (secondary N) is 1. The number of ether oxygens (including phenoxy) is 1. The highest BCUT2D eigenvalue weighted by Crippen LogP contribution is 2.15. The van der Waals surface area contributed by atoms with E-state index >= 15 is 0 Å². The lowest BCUT2D eigenvalue weighted by Gasteiger charge is -2.33. The average Bonchev–Trinajstić information content (AvgIpc) is 2.80. The largest absolute Gasteiger partial charge is 0.381 e. The van der Waals surface area contributed by atoms with E-state index in [0.717, 1.165) is 37.6 Å². The molecule has 2 rings (SSSR count). The molecule has 2 aliphatic rings. The highest BCUT2D eigenvalue weighted by molar-refractivity contribution is 4.79. The molecular weight excluding hydrogens is 212 g/mol. The van der Waals surface area contributed by atoms with Gasteiger partial charge in [0.25, 0.3) is 0 Å². The Bertz CT molecular complexity index is 206. The van der Waals surface area contributed by atoms with E-state index in [1.165, 1.54) is 38.9 Å². The molecule has 0 spiro atoms. The van der Waals surface area contributed by atoms with Gasteiger partial charge >= 0.3 is 0 Å². The summed E-state index contributed by atoms with van der Waals surface area (Å²) in [5.74, 6) is 1.57. The fourth-order valence-corrected chi connectivity index (χ4v) is 2.91. The van der Waals surface area contributed by atoms with Crippen molar-refractivity contribution >= 4 is 0 Å². The monoisotopic (exact) mass is 240 g/mol. The molecule has 1 unspecified atom stereocenters. The Morgan fingerprint density at radius 3 is 2.59 bits per heavy atom. The molecular formula is C14H28N2O. The van der Waals surface area contributed by atoms with E-state index in [0.29, 0.717) is 0 Å². The summed E-state index contributed by atoms with van der Waals surface area (Å²) in [7, 11) is 0. The molecule has 0 aromatic carbocycles. The predicted octanol–water partition coefficient (Wildman–Crippen LogP) is 1.73. The number of hydrogen-bond acceptors (Lipinski definition) is 3. The maximum Gasteiger partial charge on any atom is 0.0507 e. The Balaban J connectivity index is 1.58. The molecule has 3 nitrogen and oxygen atoms in total. The highest BCUT2D eigenvalue weighted by atomic mass is 16.5. The Kier molecular flexibility index (Phi) is 5.26. The third-order valence-corrected chi connectivity index (χ3v) is 3.93. The predicted molar refractivity (Wildman–Crippen MR) is 71.2 cm³/mol. The Morgan fingerprint density at radius 2 is 2.00 bits per heavy atom. The van der Waals surface area contributed by atoms with E-state index in [9.17, 15) is 0 Å². The zero-order valence-corrected chi connectivity index (χ0v) is 11.5. The quantitative estimate of drug-likeness (QED) is 0.792. The van der Waals surface area contributed by atoms with Crippen LogP contribution in [0.25, 0.3) is 0 Å². The van der Waals surface area contributed by atoms with Crippen LogP contribution in [-0.4, -0.2) is 50.3 Å². The van der Waals surface area contributed by atoms with Crippen LogP contribution in [0.3, 0.4) is 0 Å². The van der Waals surface area contributed by atoms with Gasteiger partial charge in [-0.2, -0.15) is 0 Å². The Labute approximate surface area is 106 Å². The summed E-state index contributed by atoms with van der Waals surface area (Å²) in [6, 6.07) is 0.749. The molecule has 0 aromatic heterocycles. The molecule has 0 amide bonds. The summed E-state index contributed by atoms with van der Waals surface area (Å²) in [4.78, 5) is 2.61. The van der Waals surface area contributed by atoms with Crippen molar-refractivity contribution in [3.8, 4) is 0 Å². The van der Waals surface area contributed by atoms with Gasteiger partial charge in [-0.15, -0.1) is 0 Å². The van der Waals surface area contributed by atoms with E-state index in [1.807, 2.05) is 0 Å². The maximum absolute atomic E-state index is 5.41. The van der Waals surface area contributed by atoms with E-state index < -0.39 is 0 Å². The third-order valence-electron chi connectivity index (χ3n) is 3.93. The van der Waals surface area contributed by atoms with E-state index in [4.69, 9.17) is 4.74 Å². The number of likely N-dealkylation sites (tertiary alicyclic amines) is 1. The van der Waals surface area contributed by atoms with Crippen molar-refractivity contribution in [3.05, 3.63) is 0 Å². The Morgan fingerprint density at radius 1 is 1.24 bits per heavy atom. The minimum absolute atomic E-state index is 0.749. The van der Waals surface area contributed by atoms with Crippen LogP contribution in [0.4, 0.5) is 0 Å². The van der Waals surface area contributed by atoms with Crippen molar-refractivity contribution in [2.24, 2.45) is 11.8 Å². The zero-order chi connectivity index (χ0) is 12.1. The lowest BCUT2D eigenvalue weighted by Crippen LogP contribution is -2.44. The van der Waals surface area contributed by atoms with Gasteiger partial charge in [-0.3, -0.25) is 0 Å². The molecule has 2 heterocycles. The van der Waals surface area contributed by atoms with Crippen LogP contribution in [0.5, 0.6) is 0 Å². The van der Waals surface area contributed by atoms with Crippen molar-refractivity contribution in [3.63, 3.8) is 0 Å². The van der Waals surface area contributed by atoms with Gasteiger partial charge in [0.2, 0.25) is 0 Å². The molecule has 0 aliphatic carbocycles. The molecule has 2 aliphatic heterocycles. The second-order valence-electron chi connectivity index (χ2n) is 6.11. The van der Waals surface area contributed by atoms with E-state index in [1.54, 1.807) is 0 Å². The van der Waals surface area contributed by atoms with Gasteiger partial charge in [-0.1, -0.05) is 13.8 Å². The van der Waals surface area contributed by atoms with Crippen molar-refractivity contribution in [1.82, 2.24) is 10.2 Å². The fourth-order valence-electron chi connectivity index (χ4n) is 2.91. The molecule has 17 heavy (non-hydrogen) atoms. The van der Waals surface area contributed by atoms with Gasteiger partial charge in [-0.05, 0) is 44.2 Å². The van der Waals surface area contributed by atoms with Gasteiger partial charge in [0, 0.05) is 25.7 Å². The van der Waals surface area contributed by atoms with Crippen LogP contribution >= 0.6 is 0 Å². The van der Waals surface area contributed by atoms with Crippen molar-refractivity contribution in [2.75, 3.05) is 39.4 Å². The molecule has 0 saturated carbocycles. The molecule has 0 aromatic rings. The second kappa shape index (κ2) is 6.72. The van der Waals surface area contributed by atoms with Crippen molar-refractivity contribution in [1.29, 1.82) is 0 Å². The van der Waals surface area contributed by atoms with Crippen LogP contribution in [0.2, 0.25) is 0 Å². The zero-order valence-electron chi connectivity index (χ0n) is 11.5. The summed E-state index contributed by atoms with van der Waals surface area (Å²) in [6.07, 6.45) is 3.89. The lowest BCUT2D eigenvalue weighted by atomic mass is 10.0. The molecule has 0 bridgehead atoms. The standard InChI is InChI=1S/C14H28N2O/c1-12(2)10-16-6-3-14(4-7-16)15-9-13-5-8-17-11-13/h12-15H,3-11H2,1-2H3. The SMILES string of the molecule is CC(C)CN1CCC(NCC2CCOC2)CC1. The number of hydrogen-bond donors (Lipinski definition) is 1. The second-order valence-corrected chi connectivity index (χ2v) is 6.11. The number of rotatable bonds is 5. The van der Waals surface area contributed by atoms with Gasteiger partial charge in [0.05, 0.1) is 6.61 Å². The summed E-state index contributed by atoms with van der Waals surface area (Å²) in [5, 5.41) is 3.73. The van der Waals surface area contributed by atoms with Gasteiger partial charge in [-0.25, -0.2) is 0 Å². The fraction of sp³-hybridized carbons (Fsp3) is 1.00. The van der Waals surface area contributed by atoms with Gasteiger partial charge < -0.3 is 15.0 Å².